The molecule has 27 heavy (non-hydrogen) atoms. The number of carbonyl (C=O) groups is 1. The van der Waals surface area contributed by atoms with E-state index in [2.05, 4.69) is 5.32 Å². The van der Waals surface area contributed by atoms with Gasteiger partial charge in [-0.2, -0.15) is 0 Å². The number of nitrogens with one attached hydrogen (secondary N) is 1. The van der Waals surface area contributed by atoms with E-state index in [0.717, 1.165) is 27.3 Å². The second-order valence-electron chi connectivity index (χ2n) is 6.77. The molecule has 0 aromatic heterocycles. The second kappa shape index (κ2) is 8.00. The maximum atomic E-state index is 12.9. The lowest BCUT2D eigenvalue weighted by Gasteiger charge is -2.29. The predicted molar refractivity (Wildman–Crippen MR) is 109 cm³/mol. The standard InChI is InChI=1S/C20H26N2O4S/c1-13-7-8-19(26-5)18(12-13)21-20(23)16(4)22(27(6,24)25)17-10-14(2)9-15(3)11-17/h7-12,16H,1-6H3,(H,21,23)/t16-/m1/s1. The van der Waals surface area contributed by atoms with Crippen molar-refractivity contribution in [2.24, 2.45) is 0 Å². The Kier molecular flexibility index (Phi) is 6.15. The minimum Gasteiger partial charge on any atom is -0.495 e. The van der Waals surface area contributed by atoms with E-state index in [9.17, 15) is 13.2 Å². The maximum absolute atomic E-state index is 12.9. The van der Waals surface area contributed by atoms with Crippen molar-refractivity contribution in [3.63, 3.8) is 0 Å². The van der Waals surface area contributed by atoms with Crippen molar-refractivity contribution in [2.45, 2.75) is 33.7 Å². The zero-order valence-corrected chi connectivity index (χ0v) is 17.3. The highest BCUT2D eigenvalue weighted by Gasteiger charge is 2.30. The topological polar surface area (TPSA) is 75.7 Å². The van der Waals surface area contributed by atoms with Gasteiger partial charge in [-0.25, -0.2) is 8.42 Å². The molecule has 0 aliphatic rings. The van der Waals surface area contributed by atoms with E-state index in [0.29, 0.717) is 17.1 Å². The average molecular weight is 391 g/mol. The zero-order chi connectivity index (χ0) is 20.4. The normalized spacial score (nSPS) is 12.4. The Morgan fingerprint density at radius 2 is 1.63 bits per heavy atom. The van der Waals surface area contributed by atoms with Crippen molar-refractivity contribution in [2.75, 3.05) is 23.0 Å². The van der Waals surface area contributed by atoms with Gasteiger partial charge in [-0.05, 0) is 68.7 Å². The van der Waals surface area contributed by atoms with Gasteiger partial charge in [-0.3, -0.25) is 9.10 Å². The van der Waals surface area contributed by atoms with E-state index < -0.39 is 22.0 Å². The fourth-order valence-electron chi connectivity index (χ4n) is 3.04. The van der Waals surface area contributed by atoms with Crippen LogP contribution < -0.4 is 14.4 Å². The lowest BCUT2D eigenvalue weighted by Crippen LogP contribution is -2.45. The fraction of sp³-hybridized carbons (Fsp3) is 0.350. The molecule has 6 nitrogen and oxygen atoms in total. The highest BCUT2D eigenvalue weighted by Crippen LogP contribution is 2.27. The van der Waals surface area contributed by atoms with Gasteiger partial charge in [-0.15, -0.1) is 0 Å². The highest BCUT2D eigenvalue weighted by molar-refractivity contribution is 7.92. The minimum atomic E-state index is -3.67. The summed E-state index contributed by atoms with van der Waals surface area (Å²) in [5, 5.41) is 2.78. The molecule has 1 amide bonds. The molecule has 0 heterocycles. The van der Waals surface area contributed by atoms with E-state index in [-0.39, 0.29) is 0 Å². The predicted octanol–water partition coefficient (Wildman–Crippen LogP) is 3.41. The van der Waals surface area contributed by atoms with Gasteiger partial charge in [-0.1, -0.05) is 12.1 Å². The number of hydrogen-bond acceptors (Lipinski definition) is 4. The van der Waals surface area contributed by atoms with Crippen LogP contribution in [0.2, 0.25) is 0 Å². The number of nitrogens with zero attached hydrogens (tertiary/aromatic N) is 1. The van der Waals surface area contributed by atoms with Gasteiger partial charge < -0.3 is 10.1 Å². The van der Waals surface area contributed by atoms with Gasteiger partial charge in [0.2, 0.25) is 15.9 Å². The molecule has 146 valence electrons. The Hall–Kier alpha value is -2.54. The molecule has 2 aromatic rings. The van der Waals surface area contributed by atoms with E-state index in [1.165, 1.54) is 7.11 Å². The average Bonchev–Trinajstić information content (AvgIpc) is 2.52. The summed E-state index contributed by atoms with van der Waals surface area (Å²) in [6, 6.07) is 9.93. The third-order valence-electron chi connectivity index (χ3n) is 4.16. The largest absolute Gasteiger partial charge is 0.495 e. The summed E-state index contributed by atoms with van der Waals surface area (Å²) in [5.41, 5.74) is 3.77. The first-order chi connectivity index (χ1) is 12.5. The molecule has 0 spiro atoms. The third kappa shape index (κ3) is 5.01. The molecule has 0 radical (unpaired) electrons. The van der Waals surface area contributed by atoms with Crippen LogP contribution in [-0.4, -0.2) is 33.7 Å². The number of amides is 1. The smallest absolute Gasteiger partial charge is 0.248 e. The molecule has 2 aromatic carbocycles. The summed E-state index contributed by atoms with van der Waals surface area (Å²) >= 11 is 0. The SMILES string of the molecule is COc1ccc(C)cc1NC(=O)[C@@H](C)N(c1cc(C)cc(C)c1)S(C)(=O)=O. The molecule has 7 heteroatoms. The van der Waals surface area contributed by atoms with Crippen molar-refractivity contribution in [3.05, 3.63) is 53.1 Å². The van der Waals surface area contributed by atoms with Crippen LogP contribution in [0.3, 0.4) is 0 Å². The van der Waals surface area contributed by atoms with Crippen molar-refractivity contribution in [1.29, 1.82) is 0 Å². The first-order valence-corrected chi connectivity index (χ1v) is 10.4. The lowest BCUT2D eigenvalue weighted by molar-refractivity contribution is -0.116. The molecule has 0 bridgehead atoms. The molecule has 2 rings (SSSR count). The van der Waals surface area contributed by atoms with Crippen LogP contribution in [0.5, 0.6) is 5.75 Å². The van der Waals surface area contributed by atoms with Gasteiger partial charge in [0.25, 0.3) is 0 Å². The van der Waals surface area contributed by atoms with E-state index in [4.69, 9.17) is 4.74 Å². The number of methoxy groups -OCH3 is 1. The van der Waals surface area contributed by atoms with Gasteiger partial charge in [0.05, 0.1) is 24.7 Å². The van der Waals surface area contributed by atoms with Crippen molar-refractivity contribution in [1.82, 2.24) is 0 Å². The minimum absolute atomic E-state index is 0.441. The number of anilines is 2. The summed E-state index contributed by atoms with van der Waals surface area (Å²) in [5.74, 6) is 0.0712. The molecular formula is C20H26N2O4S. The van der Waals surface area contributed by atoms with Crippen molar-refractivity contribution in [3.8, 4) is 5.75 Å². The zero-order valence-electron chi connectivity index (χ0n) is 16.5. The van der Waals surface area contributed by atoms with E-state index in [1.807, 2.05) is 32.9 Å². The van der Waals surface area contributed by atoms with Crippen LogP contribution in [0.25, 0.3) is 0 Å². The Labute approximate surface area is 161 Å². The Bertz CT molecular complexity index is 934. The molecule has 0 saturated carbocycles. The number of sulfonamides is 1. The number of ether oxygens (including phenoxy) is 1. The van der Waals surface area contributed by atoms with Gasteiger partial charge >= 0.3 is 0 Å². The Morgan fingerprint density at radius 3 is 2.15 bits per heavy atom. The first-order valence-electron chi connectivity index (χ1n) is 8.56. The quantitative estimate of drug-likeness (QED) is 0.820. The molecule has 0 aliphatic carbocycles. The molecular weight excluding hydrogens is 364 g/mol. The monoisotopic (exact) mass is 390 g/mol. The van der Waals surface area contributed by atoms with Crippen molar-refractivity contribution >= 4 is 27.3 Å². The van der Waals surface area contributed by atoms with Crippen LogP contribution in [0.4, 0.5) is 11.4 Å². The second-order valence-corrected chi connectivity index (χ2v) is 8.63. The van der Waals surface area contributed by atoms with E-state index in [1.54, 1.807) is 31.2 Å². The number of carbonyl (C=O) groups excluding carboxylic acids is 1. The van der Waals surface area contributed by atoms with Crippen LogP contribution in [0.15, 0.2) is 36.4 Å². The molecule has 0 unspecified atom stereocenters. The van der Waals surface area contributed by atoms with Gasteiger partial charge in [0.1, 0.15) is 11.8 Å². The van der Waals surface area contributed by atoms with Gasteiger partial charge in [0.15, 0.2) is 0 Å². The van der Waals surface area contributed by atoms with Crippen LogP contribution in [-0.2, 0) is 14.8 Å². The van der Waals surface area contributed by atoms with Gasteiger partial charge in [0, 0.05) is 0 Å². The number of rotatable bonds is 6. The lowest BCUT2D eigenvalue weighted by atomic mass is 10.1. The summed E-state index contributed by atoms with van der Waals surface area (Å²) < 4.78 is 31.3. The number of aryl methyl sites for hydroxylation is 3. The molecule has 0 fully saturated rings. The van der Waals surface area contributed by atoms with Crippen LogP contribution in [0.1, 0.15) is 23.6 Å². The summed E-state index contributed by atoms with van der Waals surface area (Å²) in [7, 11) is -2.15. The highest BCUT2D eigenvalue weighted by atomic mass is 32.2. The summed E-state index contributed by atoms with van der Waals surface area (Å²) in [4.78, 5) is 12.9. The Balaban J connectivity index is 2.40. The summed E-state index contributed by atoms with van der Waals surface area (Å²) in [6.45, 7) is 7.24. The Morgan fingerprint density at radius 1 is 1.04 bits per heavy atom. The maximum Gasteiger partial charge on any atom is 0.248 e. The van der Waals surface area contributed by atoms with Crippen LogP contribution >= 0.6 is 0 Å². The van der Waals surface area contributed by atoms with Crippen molar-refractivity contribution < 1.29 is 17.9 Å². The van der Waals surface area contributed by atoms with Crippen LogP contribution in [0, 0.1) is 20.8 Å². The number of benzene rings is 2. The first kappa shape index (κ1) is 20.8. The molecule has 1 atom stereocenters. The number of hydrogen-bond donors (Lipinski definition) is 1. The fourth-order valence-corrected chi connectivity index (χ4v) is 4.20. The van der Waals surface area contributed by atoms with E-state index >= 15 is 0 Å². The third-order valence-corrected chi connectivity index (χ3v) is 5.40. The molecule has 0 aliphatic heterocycles. The molecule has 0 saturated heterocycles. The molecule has 1 N–H and O–H groups in total. The summed E-state index contributed by atoms with van der Waals surface area (Å²) in [6.07, 6.45) is 1.10.